The summed E-state index contributed by atoms with van der Waals surface area (Å²) in [6.45, 7) is 0. The summed E-state index contributed by atoms with van der Waals surface area (Å²) < 4.78 is 1.78. The number of rotatable bonds is 1. The molecule has 0 unspecified atom stereocenters. The summed E-state index contributed by atoms with van der Waals surface area (Å²) in [7, 11) is 0. The van der Waals surface area contributed by atoms with Crippen molar-refractivity contribution in [2.45, 2.75) is 0 Å². The van der Waals surface area contributed by atoms with Crippen LogP contribution in [0.4, 0.5) is 0 Å². The first-order valence-corrected chi connectivity index (χ1v) is 6.57. The van der Waals surface area contributed by atoms with Crippen LogP contribution in [0.15, 0.2) is 32.0 Å². The van der Waals surface area contributed by atoms with E-state index in [0.717, 1.165) is 19.6 Å². The van der Waals surface area contributed by atoms with Crippen LogP contribution in [-0.2, 0) is 0 Å². The van der Waals surface area contributed by atoms with E-state index in [2.05, 4.69) is 36.8 Å². The molecule has 72 valence electrons. The van der Waals surface area contributed by atoms with Gasteiger partial charge in [-0.05, 0) is 44.0 Å². The van der Waals surface area contributed by atoms with E-state index >= 15 is 0 Å². The van der Waals surface area contributed by atoms with Crippen LogP contribution >= 0.6 is 54.8 Å². The summed E-state index contributed by atoms with van der Waals surface area (Å²) in [5, 5.41) is 2.69. The standard InChI is InChI=1S/C9H4Br2ClNS/c10-6-2-1-5(3-7(6)12)8-4-14-9(11)13-8/h1-4H. The summed E-state index contributed by atoms with van der Waals surface area (Å²) in [5.74, 6) is 0. The Hall–Kier alpha value is 0.1000. The van der Waals surface area contributed by atoms with E-state index < -0.39 is 0 Å². The van der Waals surface area contributed by atoms with E-state index in [1.165, 1.54) is 0 Å². The van der Waals surface area contributed by atoms with Crippen molar-refractivity contribution in [3.63, 3.8) is 0 Å². The van der Waals surface area contributed by atoms with Gasteiger partial charge in [-0.2, -0.15) is 0 Å². The predicted molar refractivity (Wildman–Crippen MR) is 68.0 cm³/mol. The molecule has 0 aliphatic rings. The van der Waals surface area contributed by atoms with Gasteiger partial charge in [0.15, 0.2) is 3.92 Å². The molecule has 0 spiro atoms. The Kier molecular flexibility index (Phi) is 3.27. The molecule has 2 aromatic rings. The van der Waals surface area contributed by atoms with Crippen LogP contribution in [-0.4, -0.2) is 4.98 Å². The lowest BCUT2D eigenvalue weighted by atomic mass is 10.2. The maximum Gasteiger partial charge on any atom is 0.159 e. The number of hydrogen-bond donors (Lipinski definition) is 0. The van der Waals surface area contributed by atoms with Crippen LogP contribution in [0, 0.1) is 0 Å². The molecular formula is C9H4Br2ClNS. The Balaban J connectivity index is 2.47. The molecule has 1 aromatic carbocycles. The third-order valence-corrected chi connectivity index (χ3v) is 4.29. The summed E-state index contributed by atoms with van der Waals surface area (Å²) in [4.78, 5) is 4.31. The Bertz CT molecular complexity index is 470. The SMILES string of the molecule is Clc1cc(-c2csc(Br)n2)ccc1Br. The number of nitrogens with zero attached hydrogens (tertiary/aromatic N) is 1. The highest BCUT2D eigenvalue weighted by Crippen LogP contribution is 2.30. The van der Waals surface area contributed by atoms with Crippen molar-refractivity contribution >= 4 is 54.8 Å². The number of aromatic nitrogens is 1. The highest BCUT2D eigenvalue weighted by Gasteiger charge is 2.04. The van der Waals surface area contributed by atoms with Crippen molar-refractivity contribution in [1.29, 1.82) is 0 Å². The molecule has 0 aliphatic heterocycles. The largest absolute Gasteiger partial charge is 0.229 e. The van der Waals surface area contributed by atoms with Gasteiger partial charge in [0.25, 0.3) is 0 Å². The molecule has 0 amide bonds. The minimum atomic E-state index is 0.701. The maximum atomic E-state index is 5.99. The van der Waals surface area contributed by atoms with Gasteiger partial charge in [-0.25, -0.2) is 4.98 Å². The Morgan fingerprint density at radius 1 is 1.29 bits per heavy atom. The number of hydrogen-bond acceptors (Lipinski definition) is 2. The molecular weight excluding hydrogens is 349 g/mol. The van der Waals surface area contributed by atoms with Crippen LogP contribution < -0.4 is 0 Å². The molecule has 2 rings (SSSR count). The van der Waals surface area contributed by atoms with Crippen molar-refractivity contribution in [1.82, 2.24) is 4.98 Å². The highest BCUT2D eigenvalue weighted by molar-refractivity contribution is 9.11. The lowest BCUT2D eigenvalue weighted by Crippen LogP contribution is -1.77. The fourth-order valence-corrected chi connectivity index (χ4v) is 2.49. The van der Waals surface area contributed by atoms with E-state index in [4.69, 9.17) is 11.6 Å². The average Bonchev–Trinajstić information content (AvgIpc) is 2.57. The van der Waals surface area contributed by atoms with Crippen molar-refractivity contribution in [2.24, 2.45) is 0 Å². The second-order valence-electron chi connectivity index (χ2n) is 2.61. The van der Waals surface area contributed by atoms with Crippen molar-refractivity contribution in [2.75, 3.05) is 0 Å². The Morgan fingerprint density at radius 2 is 2.07 bits per heavy atom. The van der Waals surface area contributed by atoms with Crippen LogP contribution in [0.2, 0.25) is 5.02 Å². The van der Waals surface area contributed by atoms with E-state index in [-0.39, 0.29) is 0 Å². The van der Waals surface area contributed by atoms with Crippen molar-refractivity contribution in [3.8, 4) is 11.3 Å². The van der Waals surface area contributed by atoms with Crippen molar-refractivity contribution < 1.29 is 0 Å². The molecule has 0 aliphatic carbocycles. The molecule has 14 heavy (non-hydrogen) atoms. The van der Waals surface area contributed by atoms with Gasteiger partial charge >= 0.3 is 0 Å². The molecule has 0 fully saturated rings. The minimum Gasteiger partial charge on any atom is -0.229 e. The minimum absolute atomic E-state index is 0.701. The van der Waals surface area contributed by atoms with Gasteiger partial charge in [-0.1, -0.05) is 17.7 Å². The molecule has 5 heteroatoms. The van der Waals surface area contributed by atoms with E-state index in [9.17, 15) is 0 Å². The lowest BCUT2D eigenvalue weighted by molar-refractivity contribution is 1.37. The first kappa shape index (κ1) is 10.6. The quantitative estimate of drug-likeness (QED) is 0.704. The molecule has 1 aromatic heterocycles. The number of thiazole rings is 1. The topological polar surface area (TPSA) is 12.9 Å². The van der Waals surface area contributed by atoms with Gasteiger partial charge < -0.3 is 0 Å². The number of halogens is 3. The molecule has 1 heterocycles. The first-order valence-electron chi connectivity index (χ1n) is 3.73. The van der Waals surface area contributed by atoms with E-state index in [0.29, 0.717) is 5.02 Å². The van der Waals surface area contributed by atoms with Gasteiger partial charge in [0, 0.05) is 15.4 Å². The Labute approximate surface area is 107 Å². The van der Waals surface area contributed by atoms with Gasteiger partial charge in [-0.3, -0.25) is 0 Å². The summed E-state index contributed by atoms with van der Waals surface area (Å²) in [6.07, 6.45) is 0. The highest BCUT2D eigenvalue weighted by atomic mass is 79.9. The molecule has 0 saturated heterocycles. The molecule has 0 saturated carbocycles. The second kappa shape index (κ2) is 4.31. The number of benzene rings is 1. The van der Waals surface area contributed by atoms with Gasteiger partial charge in [0.05, 0.1) is 10.7 Å². The molecule has 0 N–H and O–H groups in total. The van der Waals surface area contributed by atoms with Crippen LogP contribution in [0.3, 0.4) is 0 Å². The second-order valence-corrected chi connectivity index (χ2v) is 6.01. The van der Waals surface area contributed by atoms with Crippen LogP contribution in [0.1, 0.15) is 0 Å². The zero-order chi connectivity index (χ0) is 10.1. The first-order chi connectivity index (χ1) is 6.66. The molecule has 0 bridgehead atoms. The zero-order valence-electron chi connectivity index (χ0n) is 6.80. The maximum absolute atomic E-state index is 5.99. The molecule has 0 atom stereocenters. The summed E-state index contributed by atoms with van der Waals surface area (Å²) >= 11 is 14.2. The van der Waals surface area contributed by atoms with Crippen molar-refractivity contribution in [3.05, 3.63) is 37.0 Å². The average molecular weight is 353 g/mol. The fraction of sp³-hybridized carbons (Fsp3) is 0. The third kappa shape index (κ3) is 2.19. The third-order valence-electron chi connectivity index (χ3n) is 1.69. The normalized spacial score (nSPS) is 10.5. The summed E-state index contributed by atoms with van der Waals surface area (Å²) in [5.41, 5.74) is 1.97. The monoisotopic (exact) mass is 351 g/mol. The van der Waals surface area contributed by atoms with Crippen LogP contribution in [0.25, 0.3) is 11.3 Å². The van der Waals surface area contributed by atoms with Gasteiger partial charge in [0.2, 0.25) is 0 Å². The Morgan fingerprint density at radius 3 is 2.64 bits per heavy atom. The smallest absolute Gasteiger partial charge is 0.159 e. The van der Waals surface area contributed by atoms with E-state index in [1.54, 1.807) is 11.3 Å². The lowest BCUT2D eigenvalue weighted by Gasteiger charge is -1.99. The van der Waals surface area contributed by atoms with Gasteiger partial charge in [0.1, 0.15) is 0 Å². The zero-order valence-corrected chi connectivity index (χ0v) is 11.5. The van der Waals surface area contributed by atoms with Crippen LogP contribution in [0.5, 0.6) is 0 Å². The predicted octanol–water partition coefficient (Wildman–Crippen LogP) is 4.99. The summed E-state index contributed by atoms with van der Waals surface area (Å²) in [6, 6.07) is 5.80. The molecule has 0 radical (unpaired) electrons. The fourth-order valence-electron chi connectivity index (χ4n) is 1.04. The molecule has 1 nitrogen and oxygen atoms in total. The van der Waals surface area contributed by atoms with E-state index in [1.807, 2.05) is 23.6 Å². The van der Waals surface area contributed by atoms with Gasteiger partial charge in [-0.15, -0.1) is 11.3 Å².